The van der Waals surface area contributed by atoms with Crippen molar-refractivity contribution in [1.29, 1.82) is 0 Å². The van der Waals surface area contributed by atoms with Gasteiger partial charge >= 0.3 is 5.30 Å². The van der Waals surface area contributed by atoms with Gasteiger partial charge in [-0.25, -0.2) is 13.2 Å². The molecule has 6 heteroatoms. The lowest BCUT2D eigenvalue weighted by molar-refractivity contribution is 0.0719. The van der Waals surface area contributed by atoms with Crippen LogP contribution in [0.25, 0.3) is 11.1 Å². The number of hydrogen-bond acceptors (Lipinski definition) is 5. The molecule has 1 heterocycles. The molecule has 0 amide bonds. The molecule has 0 aliphatic carbocycles. The second kappa shape index (κ2) is 5.61. The summed E-state index contributed by atoms with van der Waals surface area (Å²) in [5.41, 5.74) is 0.418. The molecule has 0 fully saturated rings. The normalized spacial score (nSPS) is 12.1. The van der Waals surface area contributed by atoms with Crippen molar-refractivity contribution in [2.45, 2.75) is 30.6 Å². The molecule has 2 rings (SSSR count). The summed E-state index contributed by atoms with van der Waals surface area (Å²) in [6.45, 7) is 4.90. The molecule has 112 valence electrons. The van der Waals surface area contributed by atoms with Gasteiger partial charge in [-0.3, -0.25) is 0 Å². The lowest BCUT2D eigenvalue weighted by Gasteiger charge is -2.19. The predicted octanol–water partition coefficient (Wildman–Crippen LogP) is 4.12. The number of carbonyl (C=O) groups excluding carboxylic acids is 1. The van der Waals surface area contributed by atoms with Gasteiger partial charge in [-0.2, -0.15) is 0 Å². The third kappa shape index (κ3) is 3.51. The van der Waals surface area contributed by atoms with Crippen LogP contribution in [0.1, 0.15) is 20.8 Å². The van der Waals surface area contributed by atoms with Crippen LogP contribution in [0, 0.1) is 0 Å². The van der Waals surface area contributed by atoms with Crippen LogP contribution in [0.15, 0.2) is 46.0 Å². The minimum Gasteiger partial charge on any atom is -0.448 e. The lowest BCUT2D eigenvalue weighted by atomic mass is 10.1. The van der Waals surface area contributed by atoms with Crippen LogP contribution in [-0.4, -0.2) is 19.3 Å². The van der Waals surface area contributed by atoms with Crippen molar-refractivity contribution in [1.82, 2.24) is 0 Å². The van der Waals surface area contributed by atoms with Gasteiger partial charge in [-0.05, 0) is 37.8 Å². The number of benzene rings is 1. The molecule has 2 aromatic rings. The van der Waals surface area contributed by atoms with Gasteiger partial charge in [0.05, 0.1) is 0 Å². The van der Waals surface area contributed by atoms with Gasteiger partial charge in [-0.15, -0.1) is 11.3 Å². The fourth-order valence-electron chi connectivity index (χ4n) is 1.72. The first-order chi connectivity index (χ1) is 9.72. The average molecular weight is 324 g/mol. The Morgan fingerprint density at radius 2 is 1.71 bits per heavy atom. The molecule has 0 aliphatic heterocycles. The Morgan fingerprint density at radius 3 is 2.29 bits per heavy atom. The second-order valence-electron chi connectivity index (χ2n) is 5.46. The largest absolute Gasteiger partial charge is 0.448 e. The smallest absolute Gasteiger partial charge is 0.430 e. The maximum atomic E-state index is 12.4. The first-order valence-corrected chi connectivity index (χ1v) is 8.69. The molecule has 0 saturated carbocycles. The molecule has 0 spiro atoms. The van der Waals surface area contributed by atoms with Crippen LogP contribution < -0.4 is 0 Å². The molecule has 0 unspecified atom stereocenters. The Bertz CT molecular complexity index is 737. The van der Waals surface area contributed by atoms with Gasteiger partial charge in [0.2, 0.25) is 0 Å². The quantitative estimate of drug-likeness (QED) is 0.780. The van der Waals surface area contributed by atoms with E-state index in [-0.39, 0.29) is 4.21 Å². The van der Waals surface area contributed by atoms with E-state index in [4.69, 9.17) is 4.74 Å². The molecule has 0 bridgehead atoms. The number of thiophene rings is 1. The maximum Gasteiger partial charge on any atom is 0.430 e. The van der Waals surface area contributed by atoms with Gasteiger partial charge < -0.3 is 4.74 Å². The van der Waals surface area contributed by atoms with Crippen molar-refractivity contribution >= 4 is 26.5 Å². The third-order valence-corrected chi connectivity index (χ3v) is 5.45. The Labute approximate surface area is 128 Å². The minimum absolute atomic E-state index is 0.0166. The number of sulfone groups is 1. The summed E-state index contributed by atoms with van der Waals surface area (Å²) in [6, 6.07) is 10.8. The molecule has 0 aliphatic rings. The maximum absolute atomic E-state index is 12.4. The van der Waals surface area contributed by atoms with Crippen molar-refractivity contribution in [2.24, 2.45) is 0 Å². The monoisotopic (exact) mass is 324 g/mol. The highest BCUT2D eigenvalue weighted by atomic mass is 32.2. The lowest BCUT2D eigenvalue weighted by Crippen LogP contribution is -2.27. The summed E-state index contributed by atoms with van der Waals surface area (Å²) in [7, 11) is -4.15. The molecule has 4 nitrogen and oxygen atoms in total. The zero-order valence-electron chi connectivity index (χ0n) is 12.0. The van der Waals surface area contributed by atoms with Gasteiger partial charge in [0.1, 0.15) is 9.81 Å². The molecule has 0 N–H and O–H groups in total. The molecule has 0 atom stereocenters. The highest BCUT2D eigenvalue weighted by Gasteiger charge is 2.33. The van der Waals surface area contributed by atoms with Crippen LogP contribution in [0.5, 0.6) is 0 Å². The second-order valence-corrected chi connectivity index (χ2v) is 8.38. The molecule has 0 saturated heterocycles. The van der Waals surface area contributed by atoms with Gasteiger partial charge in [-0.1, -0.05) is 30.3 Å². The first kappa shape index (κ1) is 15.7. The predicted molar refractivity (Wildman–Crippen MR) is 83.2 cm³/mol. The Balaban J connectivity index is 2.44. The van der Waals surface area contributed by atoms with Crippen LogP contribution in [0.2, 0.25) is 0 Å². The van der Waals surface area contributed by atoms with E-state index in [0.29, 0.717) is 5.56 Å². The summed E-state index contributed by atoms with van der Waals surface area (Å²) >= 11 is 1.02. The molecular weight excluding hydrogens is 308 g/mol. The number of carbonyl (C=O) groups is 1. The third-order valence-electron chi connectivity index (χ3n) is 2.57. The number of hydrogen-bond donors (Lipinski definition) is 0. The van der Waals surface area contributed by atoms with E-state index >= 15 is 0 Å². The van der Waals surface area contributed by atoms with E-state index in [9.17, 15) is 13.2 Å². The molecular formula is C15H16O4S2. The Morgan fingerprint density at radius 1 is 1.10 bits per heavy atom. The van der Waals surface area contributed by atoms with Crippen molar-refractivity contribution in [3.05, 3.63) is 41.8 Å². The zero-order valence-corrected chi connectivity index (χ0v) is 13.6. The highest BCUT2D eigenvalue weighted by Crippen LogP contribution is 2.33. The van der Waals surface area contributed by atoms with Crippen molar-refractivity contribution in [3.63, 3.8) is 0 Å². The number of ether oxygens (including phenoxy) is 1. The summed E-state index contributed by atoms with van der Waals surface area (Å²) in [4.78, 5) is 12.0. The van der Waals surface area contributed by atoms with E-state index in [1.54, 1.807) is 44.4 Å². The Kier molecular flexibility index (Phi) is 4.20. The van der Waals surface area contributed by atoms with Crippen LogP contribution in [-0.2, 0) is 14.6 Å². The summed E-state index contributed by atoms with van der Waals surface area (Å²) in [5, 5.41) is 0.439. The first-order valence-electron chi connectivity index (χ1n) is 6.33. The summed E-state index contributed by atoms with van der Waals surface area (Å²) < 4.78 is 29.8. The van der Waals surface area contributed by atoms with Crippen molar-refractivity contribution in [3.8, 4) is 11.1 Å². The minimum atomic E-state index is -4.15. The van der Waals surface area contributed by atoms with Crippen molar-refractivity contribution in [2.75, 3.05) is 0 Å². The fraction of sp³-hybridized carbons (Fsp3) is 0.267. The topological polar surface area (TPSA) is 60.4 Å². The van der Waals surface area contributed by atoms with Gasteiger partial charge in [0.25, 0.3) is 9.84 Å². The molecule has 1 aromatic heterocycles. The van der Waals surface area contributed by atoms with E-state index in [1.165, 1.54) is 0 Å². The summed E-state index contributed by atoms with van der Waals surface area (Å²) in [6.07, 6.45) is 0. The van der Waals surface area contributed by atoms with Crippen molar-refractivity contribution < 1.29 is 17.9 Å². The summed E-state index contributed by atoms with van der Waals surface area (Å²) in [5.74, 6) is 0. The van der Waals surface area contributed by atoms with Crippen LogP contribution >= 0.6 is 11.3 Å². The standard InChI is InChI=1S/C15H16O4S2/c1-15(2,3)19-14(16)21(17,18)13-12(9-10-20-13)11-7-5-4-6-8-11/h4-10H,1-3H3. The highest BCUT2D eigenvalue weighted by molar-refractivity contribution is 8.07. The molecule has 1 aromatic carbocycles. The van der Waals surface area contributed by atoms with E-state index in [1.807, 2.05) is 18.2 Å². The van der Waals surface area contributed by atoms with E-state index in [2.05, 4.69) is 0 Å². The molecule has 21 heavy (non-hydrogen) atoms. The molecule has 0 radical (unpaired) electrons. The van der Waals surface area contributed by atoms with Crippen LogP contribution in [0.3, 0.4) is 0 Å². The Hall–Kier alpha value is -1.66. The van der Waals surface area contributed by atoms with E-state index < -0.39 is 20.7 Å². The van der Waals surface area contributed by atoms with Gasteiger partial charge in [0.15, 0.2) is 0 Å². The number of rotatable bonds is 2. The zero-order chi connectivity index (χ0) is 15.7. The fourth-order valence-corrected chi connectivity index (χ4v) is 4.22. The average Bonchev–Trinajstić information content (AvgIpc) is 2.87. The SMILES string of the molecule is CC(C)(C)OC(=O)S(=O)(=O)c1sccc1-c1ccccc1. The van der Waals surface area contributed by atoms with Gasteiger partial charge in [0, 0.05) is 5.56 Å². The van der Waals surface area contributed by atoms with E-state index in [0.717, 1.165) is 16.9 Å². The van der Waals surface area contributed by atoms with Crippen LogP contribution in [0.4, 0.5) is 4.79 Å².